The van der Waals surface area contributed by atoms with E-state index in [1.165, 1.54) is 0 Å². The molecule has 0 aromatic rings. The maximum Gasteiger partial charge on any atom is 1.00 e. The van der Waals surface area contributed by atoms with E-state index in [0.29, 0.717) is 0 Å². The van der Waals surface area contributed by atoms with Gasteiger partial charge in [-0.3, -0.25) is 4.18 Å². The van der Waals surface area contributed by atoms with Gasteiger partial charge in [0.2, 0.25) is 10.4 Å². The summed E-state index contributed by atoms with van der Waals surface area (Å²) in [6, 6.07) is 0. The minimum atomic E-state index is -5.13. The molecule has 14 nitrogen and oxygen atoms in total. The smallest absolute Gasteiger partial charge is 0.726 e. The molecule has 2 fully saturated rings. The summed E-state index contributed by atoms with van der Waals surface area (Å²) in [5.74, 6) is 0. The molecule has 0 bridgehead atoms. The Morgan fingerprint density at radius 2 is 1.45 bits per heavy atom. The average molecular weight is 458 g/mol. The first-order valence-electron chi connectivity index (χ1n) is 8.10. The van der Waals surface area contributed by atoms with Gasteiger partial charge in [0.05, 0.1) is 13.2 Å². The second-order valence-corrected chi connectivity index (χ2v) is 7.30. The fourth-order valence-electron chi connectivity index (χ4n) is 2.89. The minimum Gasteiger partial charge on any atom is -0.726 e. The first-order valence-corrected chi connectivity index (χ1v) is 9.44. The topological polar surface area (TPSA) is 225 Å². The van der Waals surface area contributed by atoms with Gasteiger partial charge in [0.15, 0.2) is 12.6 Å². The van der Waals surface area contributed by atoms with Crippen molar-refractivity contribution in [1.29, 1.82) is 0 Å². The van der Waals surface area contributed by atoms with Crippen molar-refractivity contribution in [2.75, 3.05) is 20.3 Å². The van der Waals surface area contributed by atoms with Gasteiger partial charge in [0.25, 0.3) is 0 Å². The average Bonchev–Trinajstić information content (AvgIpc) is 2.64. The fourth-order valence-corrected chi connectivity index (χ4v) is 3.19. The van der Waals surface area contributed by atoms with E-state index >= 15 is 0 Å². The number of rotatable bonds is 7. The molecule has 0 aromatic heterocycles. The zero-order chi connectivity index (χ0) is 21.2. The van der Waals surface area contributed by atoms with Gasteiger partial charge < -0.3 is 54.1 Å². The van der Waals surface area contributed by atoms with Crippen LogP contribution < -0.4 is 29.6 Å². The van der Waals surface area contributed by atoms with Gasteiger partial charge in [0, 0.05) is 7.11 Å². The normalized spacial score (nSPS) is 43.6. The van der Waals surface area contributed by atoms with Crippen molar-refractivity contribution in [3.63, 3.8) is 0 Å². The molecular weight excluding hydrogens is 435 g/mol. The van der Waals surface area contributed by atoms with E-state index in [9.17, 15) is 43.6 Å². The molecule has 29 heavy (non-hydrogen) atoms. The zero-order valence-corrected chi connectivity index (χ0v) is 18.4. The third-order valence-electron chi connectivity index (χ3n) is 4.39. The molecule has 0 radical (unpaired) electrons. The summed E-state index contributed by atoms with van der Waals surface area (Å²) in [7, 11) is -4.01. The van der Waals surface area contributed by atoms with Crippen LogP contribution in [0.3, 0.4) is 0 Å². The first kappa shape index (κ1) is 27.5. The van der Waals surface area contributed by atoms with Crippen molar-refractivity contribution < 1.29 is 96.3 Å². The number of hydrogen-bond donors (Lipinski definition) is 6. The van der Waals surface area contributed by atoms with Gasteiger partial charge >= 0.3 is 29.6 Å². The van der Waals surface area contributed by atoms with E-state index in [0.717, 1.165) is 7.11 Å². The Morgan fingerprint density at radius 1 is 0.897 bits per heavy atom. The minimum absolute atomic E-state index is 0. The van der Waals surface area contributed by atoms with Crippen LogP contribution in [0.1, 0.15) is 0 Å². The molecule has 2 aliphatic rings. The molecular formula is C13H23NaO14S. The maximum atomic E-state index is 10.7. The van der Waals surface area contributed by atoms with Crippen LogP contribution >= 0.6 is 0 Å². The molecule has 0 spiro atoms. The molecule has 2 aliphatic heterocycles. The largest absolute Gasteiger partial charge is 1.00 e. The fraction of sp³-hybridized carbons (Fsp3) is 1.00. The second kappa shape index (κ2) is 11.4. The standard InChI is InChI=1S/C13H24O14S.Na/c1-23-12-10(19)8(17)11(5(26-12)3-24-28(20,21)22)27-13-9(18)7(16)6(15)4(2-14)25-13;/h4-19H,2-3H2,1H3,(H,20,21,22);/q;+1/p-1/t4-,5-,6-,7+,8-,9-,10-,11-,12-,13-;/m1./s1. The predicted molar refractivity (Wildman–Crippen MR) is 82.0 cm³/mol. The first-order chi connectivity index (χ1) is 13.0. The number of ether oxygens (including phenoxy) is 4. The van der Waals surface area contributed by atoms with Crippen LogP contribution in [-0.4, -0.2) is 125 Å². The van der Waals surface area contributed by atoms with Crippen LogP contribution in [0.2, 0.25) is 0 Å². The van der Waals surface area contributed by atoms with Crippen LogP contribution in [-0.2, 0) is 33.5 Å². The Labute approximate surface area is 188 Å². The Balaban J connectivity index is 0.00000420. The third kappa shape index (κ3) is 6.72. The summed E-state index contributed by atoms with van der Waals surface area (Å²) in [5.41, 5.74) is 0. The molecule has 0 saturated carbocycles. The van der Waals surface area contributed by atoms with Gasteiger partial charge in [-0.15, -0.1) is 0 Å². The van der Waals surface area contributed by atoms with Gasteiger partial charge in [0.1, 0.15) is 48.8 Å². The monoisotopic (exact) mass is 458 g/mol. The Bertz CT molecular complexity index is 604. The SMILES string of the molecule is CO[C@@H]1O[C@H](COS(=O)(=O)[O-])[C@@H](O[C@H]2O[C@H](CO)[C@@H](O)[C@H](O)[C@H]2O)[C@H](O)[C@H]1O.[Na+]. The summed E-state index contributed by atoms with van der Waals surface area (Å²) in [6.07, 6.45) is -16.3. The van der Waals surface area contributed by atoms with E-state index in [-0.39, 0.29) is 29.6 Å². The molecule has 2 rings (SSSR count). The molecule has 16 heteroatoms. The van der Waals surface area contributed by atoms with Crippen molar-refractivity contribution in [3.8, 4) is 0 Å². The van der Waals surface area contributed by atoms with Crippen molar-refractivity contribution in [2.45, 2.75) is 61.4 Å². The molecule has 0 aromatic carbocycles. The molecule has 0 amide bonds. The number of aliphatic hydroxyl groups excluding tert-OH is 6. The molecule has 0 aliphatic carbocycles. The van der Waals surface area contributed by atoms with E-state index in [1.54, 1.807) is 0 Å². The van der Waals surface area contributed by atoms with Gasteiger partial charge in [-0.05, 0) is 0 Å². The molecule has 166 valence electrons. The maximum absolute atomic E-state index is 10.7. The van der Waals surface area contributed by atoms with Crippen LogP contribution in [0.15, 0.2) is 0 Å². The number of aliphatic hydroxyl groups is 6. The van der Waals surface area contributed by atoms with Crippen LogP contribution in [0.5, 0.6) is 0 Å². The number of hydrogen-bond acceptors (Lipinski definition) is 14. The Morgan fingerprint density at radius 3 is 1.97 bits per heavy atom. The predicted octanol–water partition coefficient (Wildman–Crippen LogP) is -8.25. The zero-order valence-electron chi connectivity index (χ0n) is 15.5. The quantitative estimate of drug-likeness (QED) is 0.118. The summed E-state index contributed by atoms with van der Waals surface area (Å²) in [4.78, 5) is 0. The van der Waals surface area contributed by atoms with Crippen LogP contribution in [0, 0.1) is 0 Å². The summed E-state index contributed by atoms with van der Waals surface area (Å²) < 4.78 is 56.7. The molecule has 6 N–H and O–H groups in total. The van der Waals surface area contributed by atoms with Crippen molar-refractivity contribution in [1.82, 2.24) is 0 Å². The second-order valence-electron chi connectivity index (χ2n) is 6.25. The van der Waals surface area contributed by atoms with E-state index in [1.807, 2.05) is 0 Å². The molecule has 0 unspecified atom stereocenters. The van der Waals surface area contributed by atoms with E-state index < -0.39 is 85.0 Å². The third-order valence-corrected chi connectivity index (χ3v) is 4.81. The van der Waals surface area contributed by atoms with E-state index in [2.05, 4.69) is 4.18 Å². The molecule has 10 atom stereocenters. The Kier molecular flexibility index (Phi) is 10.8. The van der Waals surface area contributed by atoms with E-state index in [4.69, 9.17) is 18.9 Å². The molecule has 2 saturated heterocycles. The molecule has 2 heterocycles. The van der Waals surface area contributed by atoms with Crippen LogP contribution in [0.4, 0.5) is 0 Å². The van der Waals surface area contributed by atoms with Crippen molar-refractivity contribution >= 4 is 10.4 Å². The summed E-state index contributed by atoms with van der Waals surface area (Å²) in [6.45, 7) is -1.68. The summed E-state index contributed by atoms with van der Waals surface area (Å²) >= 11 is 0. The van der Waals surface area contributed by atoms with Crippen molar-refractivity contribution in [2.24, 2.45) is 0 Å². The van der Waals surface area contributed by atoms with Gasteiger partial charge in [-0.25, -0.2) is 8.42 Å². The van der Waals surface area contributed by atoms with Gasteiger partial charge in [-0.2, -0.15) is 0 Å². The Hall–Kier alpha value is 0.470. The summed E-state index contributed by atoms with van der Waals surface area (Å²) in [5, 5.41) is 59.1. The van der Waals surface area contributed by atoms with Gasteiger partial charge in [-0.1, -0.05) is 0 Å². The van der Waals surface area contributed by atoms with Crippen LogP contribution in [0.25, 0.3) is 0 Å². The number of methoxy groups -OCH3 is 1. The van der Waals surface area contributed by atoms with Crippen molar-refractivity contribution in [3.05, 3.63) is 0 Å².